The second-order valence-electron chi connectivity index (χ2n) is 7.50. The highest BCUT2D eigenvalue weighted by Gasteiger charge is 2.22. The van der Waals surface area contributed by atoms with Crippen LogP contribution in [0.1, 0.15) is 62.5 Å². The summed E-state index contributed by atoms with van der Waals surface area (Å²) in [4.78, 5) is 0. The molecule has 2 heteroatoms. The van der Waals surface area contributed by atoms with Gasteiger partial charge in [0.25, 0.3) is 0 Å². The molecule has 0 aliphatic heterocycles. The molecule has 0 aromatic heterocycles. The molecule has 0 nitrogen and oxygen atoms in total. The van der Waals surface area contributed by atoms with Gasteiger partial charge in [-0.2, -0.15) is 0 Å². The molecule has 0 unspecified atom stereocenters. The van der Waals surface area contributed by atoms with Crippen molar-refractivity contribution in [2.75, 3.05) is 0 Å². The van der Waals surface area contributed by atoms with Crippen molar-refractivity contribution in [3.05, 3.63) is 71.8 Å². The van der Waals surface area contributed by atoms with Crippen molar-refractivity contribution in [2.24, 2.45) is 5.92 Å². The second-order valence-corrected chi connectivity index (χ2v) is 7.50. The van der Waals surface area contributed by atoms with Crippen LogP contribution in [0.2, 0.25) is 0 Å². The van der Waals surface area contributed by atoms with Gasteiger partial charge in [-0.1, -0.05) is 43.7 Å². The first-order chi connectivity index (χ1) is 12.6. The number of halogens is 2. The lowest BCUT2D eigenvalue weighted by Gasteiger charge is -2.28. The highest BCUT2D eigenvalue weighted by molar-refractivity contribution is 5.65. The lowest BCUT2D eigenvalue weighted by molar-refractivity contribution is 0.318. The van der Waals surface area contributed by atoms with Gasteiger partial charge in [0.05, 0.1) is 0 Å². The maximum atomic E-state index is 14.7. The van der Waals surface area contributed by atoms with Crippen LogP contribution >= 0.6 is 0 Å². The van der Waals surface area contributed by atoms with Gasteiger partial charge in [-0.15, -0.1) is 6.58 Å². The Morgan fingerprint density at radius 1 is 1.00 bits per heavy atom. The highest BCUT2D eigenvalue weighted by atomic mass is 19.1. The van der Waals surface area contributed by atoms with Crippen molar-refractivity contribution >= 4 is 0 Å². The van der Waals surface area contributed by atoms with Gasteiger partial charge >= 0.3 is 0 Å². The molecular weight excluding hydrogens is 326 g/mol. The van der Waals surface area contributed by atoms with Crippen molar-refractivity contribution in [2.45, 2.75) is 57.8 Å². The summed E-state index contributed by atoms with van der Waals surface area (Å²) < 4.78 is 29.0. The summed E-state index contributed by atoms with van der Waals surface area (Å²) in [6.45, 7) is 5.92. The summed E-state index contributed by atoms with van der Waals surface area (Å²) in [5.41, 5.74) is 2.82. The molecule has 0 bridgehead atoms. The lowest BCUT2D eigenvalue weighted by atomic mass is 9.77. The molecule has 2 aromatic rings. The fraction of sp³-hybridized carbons (Fsp3) is 0.417. The Hall–Kier alpha value is -1.96. The van der Waals surface area contributed by atoms with Crippen molar-refractivity contribution in [3.63, 3.8) is 0 Å². The van der Waals surface area contributed by atoms with Gasteiger partial charge in [0.2, 0.25) is 0 Å². The Bertz CT molecular complexity index is 755. The van der Waals surface area contributed by atoms with Crippen LogP contribution in [-0.2, 0) is 6.42 Å². The summed E-state index contributed by atoms with van der Waals surface area (Å²) in [7, 11) is 0. The van der Waals surface area contributed by atoms with Crippen molar-refractivity contribution < 1.29 is 8.78 Å². The van der Waals surface area contributed by atoms with E-state index < -0.39 is 0 Å². The van der Waals surface area contributed by atoms with Crippen molar-refractivity contribution in [3.8, 4) is 11.1 Å². The SMILES string of the molecule is C=CCCc1ccc(-c2ccc(C3CCC(CC)CC3)cc2F)cc1F. The van der Waals surface area contributed by atoms with E-state index in [4.69, 9.17) is 0 Å². The summed E-state index contributed by atoms with van der Waals surface area (Å²) in [5, 5.41) is 0. The zero-order valence-corrected chi connectivity index (χ0v) is 15.6. The smallest absolute Gasteiger partial charge is 0.131 e. The standard InChI is InChI=1S/C24H28F2/c1-3-5-6-19-11-12-21(16-23(19)25)22-14-13-20(15-24(22)26)18-9-7-17(4-2)8-10-18/h3,11-18H,1,4-10H2,2H3. The number of hydrogen-bond donors (Lipinski definition) is 0. The minimum atomic E-state index is -0.272. The van der Waals surface area contributed by atoms with E-state index in [1.807, 2.05) is 18.2 Å². The van der Waals surface area contributed by atoms with Crippen LogP contribution in [0.3, 0.4) is 0 Å². The van der Waals surface area contributed by atoms with Gasteiger partial charge in [0.1, 0.15) is 11.6 Å². The molecule has 0 radical (unpaired) electrons. The van der Waals surface area contributed by atoms with Crippen LogP contribution in [0.5, 0.6) is 0 Å². The normalized spacial score (nSPS) is 20.1. The van der Waals surface area contributed by atoms with Crippen molar-refractivity contribution in [1.29, 1.82) is 0 Å². The summed E-state index contributed by atoms with van der Waals surface area (Å²) in [5.74, 6) is 0.765. The van der Waals surface area contributed by atoms with Crippen LogP contribution in [0.15, 0.2) is 49.1 Å². The third-order valence-electron chi connectivity index (χ3n) is 5.87. The Morgan fingerprint density at radius 3 is 2.38 bits per heavy atom. The first kappa shape index (κ1) is 18.8. The quantitative estimate of drug-likeness (QED) is 0.473. The number of allylic oxidation sites excluding steroid dienone is 1. The van der Waals surface area contributed by atoms with Crippen LogP contribution in [0, 0.1) is 17.6 Å². The van der Waals surface area contributed by atoms with Gasteiger partial charge < -0.3 is 0 Å². The van der Waals surface area contributed by atoms with Crippen LogP contribution < -0.4 is 0 Å². The van der Waals surface area contributed by atoms with Crippen molar-refractivity contribution in [1.82, 2.24) is 0 Å². The predicted molar refractivity (Wildman–Crippen MR) is 105 cm³/mol. The molecule has 26 heavy (non-hydrogen) atoms. The first-order valence-electron chi connectivity index (χ1n) is 9.81. The van der Waals surface area contributed by atoms with E-state index in [2.05, 4.69) is 13.5 Å². The maximum Gasteiger partial charge on any atom is 0.131 e. The maximum absolute atomic E-state index is 14.7. The minimum absolute atomic E-state index is 0.252. The third-order valence-corrected chi connectivity index (χ3v) is 5.87. The molecule has 0 heterocycles. The summed E-state index contributed by atoms with van der Waals surface area (Å²) >= 11 is 0. The second kappa shape index (κ2) is 8.62. The average Bonchev–Trinajstić information content (AvgIpc) is 2.67. The molecule has 0 saturated heterocycles. The largest absolute Gasteiger partial charge is 0.207 e. The number of hydrogen-bond acceptors (Lipinski definition) is 0. The zero-order chi connectivity index (χ0) is 18.5. The average molecular weight is 354 g/mol. The number of aryl methyl sites for hydroxylation is 1. The summed E-state index contributed by atoms with van der Waals surface area (Å²) in [6.07, 6.45) is 9.14. The van der Waals surface area contributed by atoms with Gasteiger partial charge in [-0.05, 0) is 79.2 Å². The lowest BCUT2D eigenvalue weighted by Crippen LogP contribution is -2.12. The number of rotatable bonds is 6. The first-order valence-corrected chi connectivity index (χ1v) is 9.81. The molecule has 1 aliphatic rings. The molecule has 0 spiro atoms. The van der Waals surface area contributed by atoms with E-state index in [9.17, 15) is 8.78 Å². The molecular formula is C24H28F2. The van der Waals surface area contributed by atoms with E-state index in [0.29, 0.717) is 29.0 Å². The van der Waals surface area contributed by atoms with Gasteiger partial charge in [-0.3, -0.25) is 0 Å². The molecule has 0 atom stereocenters. The molecule has 0 N–H and O–H groups in total. The van der Waals surface area contributed by atoms with Crippen LogP contribution in [0.25, 0.3) is 11.1 Å². The Balaban J connectivity index is 1.77. The predicted octanol–water partition coefficient (Wildman–Crippen LogP) is 7.43. The van der Waals surface area contributed by atoms with Gasteiger partial charge in [-0.25, -0.2) is 8.78 Å². The molecule has 1 aliphatic carbocycles. The Labute approximate surface area is 156 Å². The molecule has 2 aromatic carbocycles. The fourth-order valence-electron chi connectivity index (χ4n) is 4.10. The van der Waals surface area contributed by atoms with Crippen LogP contribution in [0.4, 0.5) is 8.78 Å². The molecule has 3 rings (SSSR count). The number of benzene rings is 2. The molecule has 0 amide bonds. The minimum Gasteiger partial charge on any atom is -0.207 e. The Kier molecular flexibility index (Phi) is 6.24. The van der Waals surface area contributed by atoms with E-state index in [0.717, 1.165) is 30.7 Å². The van der Waals surface area contributed by atoms with E-state index in [1.54, 1.807) is 18.2 Å². The topological polar surface area (TPSA) is 0 Å². The summed E-state index contributed by atoms with van der Waals surface area (Å²) in [6, 6.07) is 10.5. The monoisotopic (exact) mass is 354 g/mol. The fourth-order valence-corrected chi connectivity index (χ4v) is 4.10. The van der Waals surface area contributed by atoms with E-state index in [-0.39, 0.29) is 11.6 Å². The van der Waals surface area contributed by atoms with E-state index >= 15 is 0 Å². The molecule has 138 valence electrons. The molecule has 1 saturated carbocycles. The zero-order valence-electron chi connectivity index (χ0n) is 15.6. The third kappa shape index (κ3) is 4.23. The Morgan fingerprint density at radius 2 is 1.77 bits per heavy atom. The van der Waals surface area contributed by atoms with E-state index in [1.165, 1.54) is 25.3 Å². The highest BCUT2D eigenvalue weighted by Crippen LogP contribution is 2.38. The van der Waals surface area contributed by atoms with Crippen LogP contribution in [-0.4, -0.2) is 0 Å². The van der Waals surface area contributed by atoms with Gasteiger partial charge in [0, 0.05) is 5.56 Å². The molecule has 1 fully saturated rings. The van der Waals surface area contributed by atoms with Gasteiger partial charge in [0.15, 0.2) is 0 Å².